The number of aromatic nitrogens is 1. The van der Waals surface area contributed by atoms with Crippen molar-refractivity contribution >= 4 is 39.9 Å². The smallest absolute Gasteiger partial charge is 0.350 e. The number of Topliss-reactive ketones (excluding diaryl/α,β-unsaturated/α-hetero) is 1. The second-order valence-corrected chi connectivity index (χ2v) is 9.79. The van der Waals surface area contributed by atoms with Crippen LogP contribution in [0.3, 0.4) is 0 Å². The third-order valence-electron chi connectivity index (χ3n) is 6.08. The van der Waals surface area contributed by atoms with Crippen LogP contribution in [0.25, 0.3) is 5.76 Å². The van der Waals surface area contributed by atoms with Crippen molar-refractivity contribution in [3.63, 3.8) is 0 Å². The molecule has 1 fully saturated rings. The molecule has 0 aliphatic carbocycles. The Morgan fingerprint density at radius 1 is 1.23 bits per heavy atom. The van der Waals surface area contributed by atoms with E-state index in [2.05, 4.69) is 11.6 Å². The summed E-state index contributed by atoms with van der Waals surface area (Å²) in [6.07, 6.45) is 2.23. The van der Waals surface area contributed by atoms with E-state index in [9.17, 15) is 19.5 Å². The number of aliphatic hydroxyl groups excluding tert-OH is 1. The summed E-state index contributed by atoms with van der Waals surface area (Å²) in [7, 11) is 0. The number of rotatable bonds is 9. The Morgan fingerprint density at radius 3 is 2.64 bits per heavy atom. The number of aliphatic hydroxyl groups is 1. The van der Waals surface area contributed by atoms with Gasteiger partial charge in [-0.2, -0.15) is 0 Å². The zero-order valence-corrected chi connectivity index (χ0v) is 22.5. The molecule has 2 aromatic carbocycles. The van der Waals surface area contributed by atoms with Crippen LogP contribution in [0.2, 0.25) is 0 Å². The fourth-order valence-corrected chi connectivity index (χ4v) is 5.24. The Bertz CT molecular complexity index is 1490. The van der Waals surface area contributed by atoms with E-state index in [4.69, 9.17) is 9.47 Å². The Morgan fingerprint density at radius 2 is 1.97 bits per heavy atom. The zero-order valence-electron chi connectivity index (χ0n) is 21.7. The van der Waals surface area contributed by atoms with Gasteiger partial charge in [0.2, 0.25) is 0 Å². The van der Waals surface area contributed by atoms with Gasteiger partial charge in [-0.05, 0) is 50.1 Å². The summed E-state index contributed by atoms with van der Waals surface area (Å²) in [5, 5.41) is 11.4. The summed E-state index contributed by atoms with van der Waals surface area (Å²) in [5.74, 6) is -3.23. The topological polar surface area (TPSA) is 106 Å². The van der Waals surface area contributed by atoms with Gasteiger partial charge in [-0.25, -0.2) is 14.2 Å². The first-order chi connectivity index (χ1) is 18.7. The minimum absolute atomic E-state index is 0.00695. The number of ketones is 1. The molecule has 4 rings (SSSR count). The normalized spacial score (nSPS) is 16.4. The summed E-state index contributed by atoms with van der Waals surface area (Å²) < 4.78 is 25.9. The minimum Gasteiger partial charge on any atom is -0.507 e. The Kier molecular flexibility index (Phi) is 8.25. The molecule has 0 spiro atoms. The van der Waals surface area contributed by atoms with Gasteiger partial charge < -0.3 is 14.6 Å². The highest BCUT2D eigenvalue weighted by Gasteiger charge is 2.49. The van der Waals surface area contributed by atoms with Crippen molar-refractivity contribution in [2.24, 2.45) is 0 Å². The lowest BCUT2D eigenvalue weighted by Gasteiger charge is -2.23. The molecule has 10 heteroatoms. The summed E-state index contributed by atoms with van der Waals surface area (Å²) in [4.78, 5) is 44.8. The molecular weight excluding hydrogens is 523 g/mol. The van der Waals surface area contributed by atoms with Crippen LogP contribution in [-0.4, -0.2) is 41.0 Å². The van der Waals surface area contributed by atoms with Crippen LogP contribution in [0.5, 0.6) is 5.75 Å². The second kappa shape index (κ2) is 11.6. The average Bonchev–Trinajstić information content (AvgIpc) is 3.42. The quantitative estimate of drug-likeness (QED) is 0.121. The van der Waals surface area contributed by atoms with Crippen molar-refractivity contribution in [1.82, 2.24) is 4.98 Å². The molecule has 0 bridgehead atoms. The SMILES string of the molecule is C=CCOC(=O)c1sc(N2C(=O)C(=O)C(=C(O)c3ccc(OCCC)cc3C)[C@H]2c2ccccc2F)nc1C. The van der Waals surface area contributed by atoms with Gasteiger partial charge in [-0.1, -0.05) is 49.1 Å². The van der Waals surface area contributed by atoms with Crippen molar-refractivity contribution in [3.05, 3.63) is 93.8 Å². The summed E-state index contributed by atoms with van der Waals surface area (Å²) >= 11 is 0.837. The van der Waals surface area contributed by atoms with E-state index in [-0.39, 0.29) is 33.4 Å². The van der Waals surface area contributed by atoms with Gasteiger partial charge in [-0.3, -0.25) is 14.5 Å². The largest absolute Gasteiger partial charge is 0.507 e. The number of hydrogen-bond acceptors (Lipinski definition) is 8. The van der Waals surface area contributed by atoms with Crippen LogP contribution in [0.4, 0.5) is 9.52 Å². The molecular formula is C29H27FN2O6S. The maximum Gasteiger partial charge on any atom is 0.350 e. The molecule has 8 nitrogen and oxygen atoms in total. The molecule has 39 heavy (non-hydrogen) atoms. The number of carbonyl (C=O) groups excluding carboxylic acids is 3. The molecule has 0 radical (unpaired) electrons. The predicted octanol–water partition coefficient (Wildman–Crippen LogP) is 5.66. The van der Waals surface area contributed by atoms with E-state index in [1.165, 1.54) is 24.3 Å². The second-order valence-electron chi connectivity index (χ2n) is 8.81. The lowest BCUT2D eigenvalue weighted by atomic mass is 9.93. The highest BCUT2D eigenvalue weighted by Crippen LogP contribution is 2.45. The molecule has 1 saturated heterocycles. The first-order valence-corrected chi connectivity index (χ1v) is 13.1. The molecule has 202 valence electrons. The highest BCUT2D eigenvalue weighted by atomic mass is 32.1. The number of benzene rings is 2. The van der Waals surface area contributed by atoms with E-state index in [0.29, 0.717) is 23.5 Å². The van der Waals surface area contributed by atoms with Gasteiger partial charge in [-0.15, -0.1) is 0 Å². The molecule has 3 aromatic rings. The van der Waals surface area contributed by atoms with Crippen molar-refractivity contribution in [3.8, 4) is 5.75 Å². The van der Waals surface area contributed by atoms with E-state index >= 15 is 4.39 Å². The maximum absolute atomic E-state index is 15.2. The molecule has 1 aliphatic heterocycles. The van der Waals surface area contributed by atoms with Crippen molar-refractivity contribution in [2.45, 2.75) is 33.2 Å². The third kappa shape index (κ3) is 5.33. The minimum atomic E-state index is -1.33. The molecule has 2 heterocycles. The Labute approximate surface area is 229 Å². The average molecular weight is 551 g/mol. The molecule has 0 saturated carbocycles. The number of hydrogen-bond donors (Lipinski definition) is 1. The van der Waals surface area contributed by atoms with Crippen LogP contribution in [0.15, 0.2) is 60.7 Å². The van der Waals surface area contributed by atoms with Crippen LogP contribution in [0, 0.1) is 19.7 Å². The Hall–Kier alpha value is -4.31. The third-order valence-corrected chi connectivity index (χ3v) is 7.22. The summed E-state index contributed by atoms with van der Waals surface area (Å²) in [6, 6.07) is 9.29. The number of nitrogens with zero attached hydrogens (tertiary/aromatic N) is 2. The molecule has 1 aliphatic rings. The van der Waals surface area contributed by atoms with Crippen LogP contribution in [-0.2, 0) is 14.3 Å². The van der Waals surface area contributed by atoms with Crippen molar-refractivity contribution in [1.29, 1.82) is 0 Å². The van der Waals surface area contributed by atoms with Gasteiger partial charge in [0.05, 0.1) is 17.9 Å². The summed E-state index contributed by atoms with van der Waals surface area (Å²) in [6.45, 7) is 9.27. The molecule has 1 aromatic heterocycles. The van der Waals surface area contributed by atoms with Gasteiger partial charge in [0.25, 0.3) is 5.78 Å². The molecule has 1 amide bonds. The number of amides is 1. The fraction of sp³-hybridized carbons (Fsp3) is 0.241. The van der Waals surface area contributed by atoms with E-state index < -0.39 is 35.3 Å². The number of thiazole rings is 1. The molecule has 1 atom stereocenters. The molecule has 1 N–H and O–H groups in total. The maximum atomic E-state index is 15.2. The predicted molar refractivity (Wildman–Crippen MR) is 145 cm³/mol. The number of aryl methyl sites for hydroxylation is 2. The first-order valence-electron chi connectivity index (χ1n) is 12.2. The van der Waals surface area contributed by atoms with Gasteiger partial charge in [0.1, 0.15) is 34.9 Å². The van der Waals surface area contributed by atoms with Crippen LogP contribution in [0.1, 0.15) is 51.4 Å². The van der Waals surface area contributed by atoms with Gasteiger partial charge in [0.15, 0.2) is 5.13 Å². The molecule has 0 unspecified atom stereocenters. The number of esters is 1. The number of carbonyl (C=O) groups is 3. The number of halogens is 1. The Balaban J connectivity index is 1.87. The van der Waals surface area contributed by atoms with E-state index in [0.717, 1.165) is 22.7 Å². The lowest BCUT2D eigenvalue weighted by molar-refractivity contribution is -0.132. The zero-order chi connectivity index (χ0) is 28.3. The monoisotopic (exact) mass is 550 g/mol. The van der Waals surface area contributed by atoms with Crippen molar-refractivity contribution < 1.29 is 33.4 Å². The number of ether oxygens (including phenoxy) is 2. The summed E-state index contributed by atoms with van der Waals surface area (Å²) in [5.41, 5.74) is 0.859. The lowest BCUT2D eigenvalue weighted by Crippen LogP contribution is -2.29. The van der Waals surface area contributed by atoms with Gasteiger partial charge >= 0.3 is 11.9 Å². The van der Waals surface area contributed by atoms with Crippen molar-refractivity contribution in [2.75, 3.05) is 18.1 Å². The van der Waals surface area contributed by atoms with Crippen LogP contribution >= 0.6 is 11.3 Å². The number of anilines is 1. The fourth-order valence-electron chi connectivity index (χ4n) is 4.25. The van der Waals surface area contributed by atoms with Crippen LogP contribution < -0.4 is 9.64 Å². The standard InChI is InChI=1S/C29H27FN2O6S/c1-5-13-37-18-11-12-19(16(3)15-18)24(33)22-23(20-9-7-8-10-21(20)30)32(27(35)25(22)34)29-31-17(4)26(39-29)28(36)38-14-6-2/h6-12,15,23,33H,2,5,13-14H2,1,3-4H3/t23-/m1/s1. The van der Waals surface area contributed by atoms with E-state index in [1.54, 1.807) is 38.1 Å². The first kappa shape index (κ1) is 27.7. The van der Waals surface area contributed by atoms with E-state index in [1.807, 2.05) is 6.92 Å². The van der Waals surface area contributed by atoms with Gasteiger partial charge in [0, 0.05) is 11.1 Å². The highest BCUT2D eigenvalue weighted by molar-refractivity contribution is 7.17.